The Labute approximate surface area is 113 Å². The van der Waals surface area contributed by atoms with E-state index in [0.29, 0.717) is 5.75 Å². The van der Waals surface area contributed by atoms with E-state index in [9.17, 15) is 4.39 Å². The lowest BCUT2D eigenvalue weighted by molar-refractivity contribution is 0.312. The van der Waals surface area contributed by atoms with E-state index < -0.39 is 0 Å². The molecule has 19 heavy (non-hydrogen) atoms. The van der Waals surface area contributed by atoms with Crippen molar-refractivity contribution in [2.45, 2.75) is 44.1 Å². The molecule has 0 bridgehead atoms. The first-order valence-corrected chi connectivity index (χ1v) is 7.12. The van der Waals surface area contributed by atoms with E-state index in [1.807, 2.05) is 0 Å². The van der Waals surface area contributed by atoms with Crippen molar-refractivity contribution in [3.05, 3.63) is 17.9 Å². The molecule has 3 nitrogen and oxygen atoms in total. The summed E-state index contributed by atoms with van der Waals surface area (Å²) >= 11 is 0. The summed E-state index contributed by atoms with van der Waals surface area (Å²) in [7, 11) is 1.51. The quantitative estimate of drug-likeness (QED) is 0.810. The van der Waals surface area contributed by atoms with Crippen LogP contribution in [0.3, 0.4) is 0 Å². The Morgan fingerprint density at radius 1 is 1.11 bits per heavy atom. The molecule has 0 unspecified atom stereocenters. The van der Waals surface area contributed by atoms with E-state index in [-0.39, 0.29) is 11.4 Å². The molecule has 1 spiro atoms. The molecule has 3 rings (SSSR count). The third-order valence-electron chi connectivity index (χ3n) is 4.42. The highest BCUT2D eigenvalue weighted by molar-refractivity contribution is 5.72. The van der Waals surface area contributed by atoms with Crippen LogP contribution in [0.2, 0.25) is 0 Å². The molecule has 0 aromatic heterocycles. The van der Waals surface area contributed by atoms with Crippen molar-refractivity contribution in [1.82, 2.24) is 0 Å². The molecule has 1 fully saturated rings. The van der Waals surface area contributed by atoms with Crippen LogP contribution in [0.4, 0.5) is 15.8 Å². The Balaban J connectivity index is 1.94. The number of rotatable bonds is 1. The second-order valence-electron chi connectivity index (χ2n) is 5.68. The van der Waals surface area contributed by atoms with Gasteiger partial charge in [-0.1, -0.05) is 19.3 Å². The normalized spacial score (nSPS) is 20.9. The summed E-state index contributed by atoms with van der Waals surface area (Å²) in [6, 6.07) is 3.31. The number of nitrogens with one attached hydrogen (secondary N) is 2. The van der Waals surface area contributed by atoms with Gasteiger partial charge in [-0.15, -0.1) is 0 Å². The summed E-state index contributed by atoms with van der Waals surface area (Å²) in [5.41, 5.74) is 2.00. The van der Waals surface area contributed by atoms with Gasteiger partial charge >= 0.3 is 0 Å². The molecule has 0 saturated heterocycles. The highest BCUT2D eigenvalue weighted by Crippen LogP contribution is 2.40. The van der Waals surface area contributed by atoms with Gasteiger partial charge in [0.05, 0.1) is 18.5 Å². The fourth-order valence-electron chi connectivity index (χ4n) is 3.35. The van der Waals surface area contributed by atoms with Crippen LogP contribution in [0.15, 0.2) is 12.1 Å². The maximum absolute atomic E-state index is 13.8. The molecule has 0 amide bonds. The lowest BCUT2D eigenvalue weighted by Crippen LogP contribution is -2.40. The molecule has 0 atom stereocenters. The topological polar surface area (TPSA) is 33.3 Å². The standard InChI is InChI=1S/C15H21FN2O/c1-19-14-10-13-12(9-11(14)16)17-8-7-15(18-13)5-3-2-4-6-15/h9-10,17-18H,2-8H2,1H3. The molecular weight excluding hydrogens is 243 g/mol. The number of anilines is 2. The van der Waals surface area contributed by atoms with Crippen molar-refractivity contribution in [3.63, 3.8) is 0 Å². The number of benzene rings is 1. The molecule has 1 aromatic carbocycles. The smallest absolute Gasteiger partial charge is 0.167 e. The van der Waals surface area contributed by atoms with Crippen LogP contribution >= 0.6 is 0 Å². The van der Waals surface area contributed by atoms with Crippen LogP contribution in [0.25, 0.3) is 0 Å². The van der Waals surface area contributed by atoms with Gasteiger partial charge in [0, 0.05) is 24.2 Å². The van der Waals surface area contributed by atoms with Crippen LogP contribution in [0.1, 0.15) is 38.5 Å². The summed E-state index contributed by atoms with van der Waals surface area (Å²) in [5.74, 6) is -0.00365. The summed E-state index contributed by atoms with van der Waals surface area (Å²) in [5, 5.41) is 7.00. The predicted molar refractivity (Wildman–Crippen MR) is 75.5 cm³/mol. The third kappa shape index (κ3) is 2.36. The van der Waals surface area contributed by atoms with E-state index in [4.69, 9.17) is 4.74 Å². The molecule has 1 aliphatic carbocycles. The highest BCUT2D eigenvalue weighted by atomic mass is 19.1. The van der Waals surface area contributed by atoms with Crippen molar-refractivity contribution in [3.8, 4) is 5.75 Å². The Hall–Kier alpha value is -1.45. The minimum Gasteiger partial charge on any atom is -0.494 e. The van der Waals surface area contributed by atoms with E-state index in [1.54, 1.807) is 6.07 Å². The zero-order valence-corrected chi connectivity index (χ0v) is 11.4. The van der Waals surface area contributed by atoms with Crippen LogP contribution in [-0.4, -0.2) is 19.2 Å². The molecule has 4 heteroatoms. The van der Waals surface area contributed by atoms with Crippen molar-refractivity contribution in [2.75, 3.05) is 24.3 Å². The number of methoxy groups -OCH3 is 1. The fraction of sp³-hybridized carbons (Fsp3) is 0.600. The van der Waals surface area contributed by atoms with E-state index in [2.05, 4.69) is 10.6 Å². The lowest BCUT2D eigenvalue weighted by Gasteiger charge is -2.38. The summed E-state index contributed by atoms with van der Waals surface area (Å²) in [4.78, 5) is 0. The van der Waals surface area contributed by atoms with Gasteiger partial charge < -0.3 is 15.4 Å². The molecule has 0 radical (unpaired) electrons. The highest BCUT2D eigenvalue weighted by Gasteiger charge is 2.34. The monoisotopic (exact) mass is 264 g/mol. The Kier molecular flexibility index (Phi) is 3.25. The van der Waals surface area contributed by atoms with Gasteiger partial charge in [0.15, 0.2) is 11.6 Å². The first kappa shape index (κ1) is 12.6. The second-order valence-corrected chi connectivity index (χ2v) is 5.68. The van der Waals surface area contributed by atoms with Crippen LogP contribution in [-0.2, 0) is 0 Å². The molecule has 1 saturated carbocycles. The number of hydrogen-bond acceptors (Lipinski definition) is 3. The maximum atomic E-state index is 13.8. The van der Waals surface area contributed by atoms with Gasteiger partial charge in [-0.2, -0.15) is 0 Å². The van der Waals surface area contributed by atoms with E-state index in [1.165, 1.54) is 45.3 Å². The minimum atomic E-state index is -0.310. The fourth-order valence-corrected chi connectivity index (χ4v) is 3.35. The van der Waals surface area contributed by atoms with Crippen molar-refractivity contribution in [2.24, 2.45) is 0 Å². The van der Waals surface area contributed by atoms with Gasteiger partial charge in [-0.05, 0) is 19.3 Å². The van der Waals surface area contributed by atoms with Gasteiger partial charge in [-0.25, -0.2) is 4.39 Å². The average Bonchev–Trinajstić information content (AvgIpc) is 2.58. The molecule has 1 aromatic rings. The second kappa shape index (κ2) is 4.91. The van der Waals surface area contributed by atoms with Gasteiger partial charge in [-0.3, -0.25) is 0 Å². The van der Waals surface area contributed by atoms with Crippen molar-refractivity contribution in [1.29, 1.82) is 0 Å². The average molecular weight is 264 g/mol. The molecule has 2 N–H and O–H groups in total. The van der Waals surface area contributed by atoms with Crippen LogP contribution in [0.5, 0.6) is 5.75 Å². The summed E-state index contributed by atoms with van der Waals surface area (Å²) in [6.45, 7) is 0.895. The largest absolute Gasteiger partial charge is 0.494 e. The van der Waals surface area contributed by atoms with Crippen LogP contribution < -0.4 is 15.4 Å². The Morgan fingerprint density at radius 2 is 1.89 bits per heavy atom. The first-order valence-electron chi connectivity index (χ1n) is 7.12. The van der Waals surface area contributed by atoms with Gasteiger partial charge in [0.25, 0.3) is 0 Å². The zero-order chi connectivity index (χ0) is 13.3. The number of hydrogen-bond donors (Lipinski definition) is 2. The zero-order valence-electron chi connectivity index (χ0n) is 11.4. The first-order chi connectivity index (χ1) is 9.22. The van der Waals surface area contributed by atoms with Crippen molar-refractivity contribution < 1.29 is 9.13 Å². The molecular formula is C15H21FN2O. The Bertz CT molecular complexity index is 469. The number of halogens is 1. The predicted octanol–water partition coefficient (Wildman–Crippen LogP) is 3.76. The van der Waals surface area contributed by atoms with Gasteiger partial charge in [0.1, 0.15) is 0 Å². The summed E-state index contributed by atoms with van der Waals surface area (Å²) in [6.07, 6.45) is 7.38. The molecule has 1 aliphatic heterocycles. The maximum Gasteiger partial charge on any atom is 0.167 e. The van der Waals surface area contributed by atoms with E-state index >= 15 is 0 Å². The molecule has 104 valence electrons. The summed E-state index contributed by atoms with van der Waals surface area (Å²) < 4.78 is 18.8. The van der Waals surface area contributed by atoms with E-state index in [0.717, 1.165) is 24.3 Å². The minimum absolute atomic E-state index is 0.180. The molecule has 1 heterocycles. The van der Waals surface area contributed by atoms with Crippen molar-refractivity contribution >= 4 is 11.4 Å². The lowest BCUT2D eigenvalue weighted by atomic mass is 9.79. The van der Waals surface area contributed by atoms with Crippen LogP contribution in [0, 0.1) is 5.82 Å². The number of ether oxygens (including phenoxy) is 1. The van der Waals surface area contributed by atoms with Gasteiger partial charge in [0.2, 0.25) is 0 Å². The SMILES string of the molecule is COc1cc2c(cc1F)NCCC1(CCCCC1)N2. The number of fused-ring (bicyclic) bond motifs is 1. The Morgan fingerprint density at radius 3 is 2.63 bits per heavy atom. The molecule has 2 aliphatic rings. The third-order valence-corrected chi connectivity index (χ3v) is 4.42.